The van der Waals surface area contributed by atoms with E-state index in [9.17, 15) is 34.2 Å². The van der Waals surface area contributed by atoms with E-state index in [2.05, 4.69) is 10.2 Å². The number of phenols is 1. The number of hydrogen-bond acceptors (Lipinski definition) is 11. The van der Waals surface area contributed by atoms with Crippen molar-refractivity contribution in [2.24, 2.45) is 29.4 Å². The predicted octanol–water partition coefficient (Wildman–Crippen LogP) is 0.633. The number of carbonyl (C=O) groups excluding carboxylic acids is 5. The van der Waals surface area contributed by atoms with Crippen LogP contribution in [0.15, 0.2) is 29.1 Å². The van der Waals surface area contributed by atoms with Crippen molar-refractivity contribution in [3.05, 3.63) is 35.8 Å². The van der Waals surface area contributed by atoms with Crippen LogP contribution in [0.25, 0.3) is 11.1 Å². The summed E-state index contributed by atoms with van der Waals surface area (Å²) in [5.74, 6) is -10.7. The average molecular weight is 593 g/mol. The van der Waals surface area contributed by atoms with Gasteiger partial charge in [0, 0.05) is 17.5 Å². The normalized spacial score (nSPS) is 31.5. The second kappa shape index (κ2) is 10.4. The van der Waals surface area contributed by atoms with Gasteiger partial charge >= 0.3 is 0 Å². The van der Waals surface area contributed by atoms with Crippen LogP contribution in [-0.2, 0) is 25.6 Å². The molecule has 1 amide bonds. The van der Waals surface area contributed by atoms with Crippen LogP contribution < -0.4 is 11.1 Å². The molecule has 1 aliphatic heterocycles. The highest BCUT2D eigenvalue weighted by molar-refractivity contribution is 6.32. The molecule has 2 aromatic rings. The number of fused-ring (bicyclic) bond motifs is 3. The van der Waals surface area contributed by atoms with Crippen LogP contribution in [0, 0.1) is 23.7 Å². The van der Waals surface area contributed by atoms with Crippen molar-refractivity contribution in [1.29, 1.82) is 0 Å². The Labute approximate surface area is 248 Å². The van der Waals surface area contributed by atoms with Crippen LogP contribution in [-0.4, -0.2) is 101 Å². The van der Waals surface area contributed by atoms with Gasteiger partial charge in [0.2, 0.25) is 5.91 Å². The van der Waals surface area contributed by atoms with Gasteiger partial charge in [-0.1, -0.05) is 0 Å². The van der Waals surface area contributed by atoms with Gasteiger partial charge in [0.15, 0.2) is 34.7 Å². The number of ketones is 4. The van der Waals surface area contributed by atoms with E-state index in [1.165, 1.54) is 17.4 Å². The smallest absolute Gasteiger partial charge is 0.235 e. The Kier molecular flexibility index (Phi) is 7.06. The van der Waals surface area contributed by atoms with Gasteiger partial charge in [-0.05, 0) is 89.1 Å². The number of piperidine rings is 1. The van der Waals surface area contributed by atoms with Crippen LogP contribution in [0.1, 0.15) is 35.2 Å². The van der Waals surface area contributed by atoms with Gasteiger partial charge < -0.3 is 30.6 Å². The molecule has 0 bridgehead atoms. The lowest BCUT2D eigenvalue weighted by Gasteiger charge is -2.52. The summed E-state index contributed by atoms with van der Waals surface area (Å²) in [5.41, 5.74) is 4.82. The molecule has 4 aliphatic rings. The van der Waals surface area contributed by atoms with Crippen LogP contribution in [0.2, 0.25) is 0 Å². The molecular weight excluding hydrogens is 556 g/mol. The summed E-state index contributed by atoms with van der Waals surface area (Å²) >= 11 is 0. The number of nitrogens with two attached hydrogens (primary N) is 1. The molecule has 1 aromatic carbocycles. The summed E-state index contributed by atoms with van der Waals surface area (Å²) in [7, 11) is 5.16. The average Bonchev–Trinajstić information content (AvgIpc) is 3.48. The second-order valence-corrected chi connectivity index (χ2v) is 12.7. The number of nitrogens with one attached hydrogen (secondary N) is 1. The highest BCUT2D eigenvalue weighted by Gasteiger charge is 2.69. The summed E-state index contributed by atoms with van der Waals surface area (Å²) in [5, 5.41) is 26.7. The molecule has 5 N–H and O–H groups in total. The van der Waals surface area contributed by atoms with Crippen molar-refractivity contribution in [3.8, 4) is 16.9 Å². The fourth-order valence-electron chi connectivity index (χ4n) is 7.83. The number of nitrogens with zero attached hydrogens (tertiary/aromatic N) is 2. The molecule has 3 fully saturated rings. The lowest BCUT2D eigenvalue weighted by atomic mass is 9.52. The highest BCUT2D eigenvalue weighted by Crippen LogP contribution is 2.53. The first kappa shape index (κ1) is 29.2. The number of aliphatic hydroxyl groups is 1. The van der Waals surface area contributed by atoms with E-state index in [1.54, 1.807) is 26.2 Å². The molecule has 6 rings (SSSR count). The molecule has 3 aliphatic carbocycles. The molecule has 12 heteroatoms. The molecule has 1 saturated heterocycles. The number of aromatic hydroxyl groups is 1. The Morgan fingerprint density at radius 1 is 1.16 bits per heavy atom. The van der Waals surface area contributed by atoms with E-state index in [0.717, 1.165) is 25.9 Å². The van der Waals surface area contributed by atoms with E-state index >= 15 is 0 Å². The number of likely N-dealkylation sites (N-methyl/N-ethyl adjacent to an activating group) is 1. The number of rotatable bonds is 5. The van der Waals surface area contributed by atoms with Crippen LogP contribution in [0.5, 0.6) is 5.75 Å². The SMILES string of the molecule is CN1CCC(Nc2cc(-c3ccoc3)c3c(c2O)C(=O)C2C(=O)C4(O)C(=O)C(C(N)=O)C(=O)C(N(C)C)C4CC2C3)CC1. The highest BCUT2D eigenvalue weighted by atomic mass is 16.3. The zero-order valence-electron chi connectivity index (χ0n) is 24.3. The van der Waals surface area contributed by atoms with Crippen molar-refractivity contribution in [3.63, 3.8) is 0 Å². The maximum absolute atomic E-state index is 14.3. The lowest BCUT2D eigenvalue weighted by Crippen LogP contribution is -2.74. The maximum atomic E-state index is 14.3. The minimum absolute atomic E-state index is 0.00885. The number of likely N-dealkylation sites (tertiary alicyclic amines) is 1. The van der Waals surface area contributed by atoms with Gasteiger partial charge in [-0.3, -0.25) is 28.9 Å². The van der Waals surface area contributed by atoms with E-state index in [1.807, 2.05) is 7.05 Å². The molecule has 0 radical (unpaired) electrons. The van der Waals surface area contributed by atoms with Crippen molar-refractivity contribution < 1.29 is 38.6 Å². The van der Waals surface area contributed by atoms with E-state index < -0.39 is 64.4 Å². The zero-order valence-corrected chi connectivity index (χ0v) is 24.3. The summed E-state index contributed by atoms with van der Waals surface area (Å²) < 4.78 is 5.34. The Morgan fingerprint density at radius 3 is 2.47 bits per heavy atom. The number of phenolic OH excluding ortho intramolecular Hbond substituents is 1. The number of furan rings is 1. The van der Waals surface area contributed by atoms with E-state index in [0.29, 0.717) is 22.4 Å². The predicted molar refractivity (Wildman–Crippen MR) is 153 cm³/mol. The largest absolute Gasteiger partial charge is 0.505 e. The molecule has 2 heterocycles. The monoisotopic (exact) mass is 592 g/mol. The Balaban J connectivity index is 1.46. The molecule has 6 unspecified atom stereocenters. The van der Waals surface area contributed by atoms with Gasteiger partial charge in [-0.2, -0.15) is 0 Å². The van der Waals surface area contributed by atoms with Crippen molar-refractivity contribution in [1.82, 2.24) is 9.80 Å². The molecule has 6 atom stereocenters. The lowest BCUT2D eigenvalue weighted by molar-refractivity contribution is -0.181. The van der Waals surface area contributed by atoms with E-state index in [4.69, 9.17) is 10.2 Å². The standard InChI is InChI=1S/C31H36N4O8/c1-34(2)24-19-11-15-10-18-17(14-6-9-43-13-14)12-20(33-16-4-7-35(3)8-5-16)25(36)22(18)26(37)21(15)28(39)31(19,42)29(40)23(27(24)38)30(32)41/h6,9,12-13,15-16,19,21,23-24,33,36,42H,4-5,7-8,10-11H2,1-3H3,(H2,32,41). The first-order chi connectivity index (χ1) is 20.4. The fourth-order valence-corrected chi connectivity index (χ4v) is 7.83. The number of carbonyl (C=O) groups is 5. The number of Topliss-reactive ketones (excluding diaryl/α,β-unsaturated/α-hetero) is 4. The second-order valence-electron chi connectivity index (χ2n) is 12.7. The number of benzene rings is 1. The van der Waals surface area contributed by atoms with Crippen LogP contribution in [0.3, 0.4) is 0 Å². The fraction of sp³-hybridized carbons (Fsp3) is 0.516. The van der Waals surface area contributed by atoms with Gasteiger partial charge in [0.25, 0.3) is 0 Å². The zero-order chi connectivity index (χ0) is 31.0. The number of hydrogen-bond donors (Lipinski definition) is 4. The molecule has 0 spiro atoms. The Hall–Kier alpha value is -3.87. The summed E-state index contributed by atoms with van der Waals surface area (Å²) in [6.07, 6.45) is 4.87. The maximum Gasteiger partial charge on any atom is 0.235 e. The summed E-state index contributed by atoms with van der Waals surface area (Å²) in [6.45, 7) is 1.73. The number of anilines is 1. The quantitative estimate of drug-likeness (QED) is 0.282. The molecule has 43 heavy (non-hydrogen) atoms. The Bertz CT molecular complexity index is 1530. The van der Waals surface area contributed by atoms with Crippen molar-refractivity contribution in [2.45, 2.75) is 43.4 Å². The number of amides is 1. The van der Waals surface area contributed by atoms with Gasteiger partial charge in [0.1, 0.15) is 5.75 Å². The summed E-state index contributed by atoms with van der Waals surface area (Å²) in [4.78, 5) is 71.2. The third kappa shape index (κ3) is 4.34. The third-order valence-corrected chi connectivity index (χ3v) is 9.97. The molecule has 1 aromatic heterocycles. The van der Waals surface area contributed by atoms with Gasteiger partial charge in [-0.15, -0.1) is 0 Å². The molecule has 12 nitrogen and oxygen atoms in total. The first-order valence-electron chi connectivity index (χ1n) is 14.6. The Morgan fingerprint density at radius 2 is 1.86 bits per heavy atom. The molecule has 2 saturated carbocycles. The van der Waals surface area contributed by atoms with Crippen molar-refractivity contribution >= 4 is 34.7 Å². The first-order valence-corrected chi connectivity index (χ1v) is 14.6. The minimum atomic E-state index is -2.76. The van der Waals surface area contributed by atoms with Gasteiger partial charge in [0.05, 0.1) is 35.7 Å². The number of primary amides is 1. The van der Waals surface area contributed by atoms with Crippen LogP contribution >= 0.6 is 0 Å². The van der Waals surface area contributed by atoms with Crippen LogP contribution in [0.4, 0.5) is 5.69 Å². The molecule has 228 valence electrons. The van der Waals surface area contributed by atoms with E-state index in [-0.39, 0.29) is 30.2 Å². The summed E-state index contributed by atoms with van der Waals surface area (Å²) in [6, 6.07) is 2.44. The topological polar surface area (TPSA) is 183 Å². The third-order valence-electron chi connectivity index (χ3n) is 9.97. The van der Waals surface area contributed by atoms with Crippen molar-refractivity contribution in [2.75, 3.05) is 39.5 Å². The van der Waals surface area contributed by atoms with Gasteiger partial charge in [-0.25, -0.2) is 0 Å². The minimum Gasteiger partial charge on any atom is -0.505 e. The molecular formula is C31H36N4O8.